The van der Waals surface area contributed by atoms with Crippen LogP contribution < -0.4 is 11.3 Å². The van der Waals surface area contributed by atoms with Gasteiger partial charge in [0.2, 0.25) is 0 Å². The van der Waals surface area contributed by atoms with E-state index in [2.05, 4.69) is 28.3 Å². The highest BCUT2D eigenvalue weighted by Crippen LogP contribution is 2.44. The Morgan fingerprint density at radius 2 is 2.11 bits per heavy atom. The van der Waals surface area contributed by atoms with Crippen LogP contribution in [0, 0.1) is 11.2 Å². The fourth-order valence-electron chi connectivity index (χ4n) is 3.40. The number of hydrazine groups is 1. The van der Waals surface area contributed by atoms with E-state index < -0.39 is 0 Å². The monoisotopic (exact) mass is 328 g/mol. The summed E-state index contributed by atoms with van der Waals surface area (Å²) >= 11 is 3.50. The Kier molecular flexibility index (Phi) is 4.98. The number of rotatable bonds is 5. The van der Waals surface area contributed by atoms with E-state index in [0.717, 1.165) is 22.9 Å². The number of nitrogens with two attached hydrogens (primary N) is 1. The van der Waals surface area contributed by atoms with Crippen molar-refractivity contribution in [1.82, 2.24) is 5.43 Å². The summed E-state index contributed by atoms with van der Waals surface area (Å²) in [5.74, 6) is 5.60. The van der Waals surface area contributed by atoms with Gasteiger partial charge in [0.1, 0.15) is 5.82 Å². The van der Waals surface area contributed by atoms with Crippen LogP contribution in [0.25, 0.3) is 0 Å². The average molecular weight is 329 g/mol. The highest BCUT2D eigenvalue weighted by atomic mass is 79.9. The third-order valence-corrected chi connectivity index (χ3v) is 5.45. The Balaban J connectivity index is 2.21. The number of benzene rings is 1. The van der Waals surface area contributed by atoms with Crippen LogP contribution in [0.5, 0.6) is 0 Å². The lowest BCUT2D eigenvalue weighted by Crippen LogP contribution is -2.48. The van der Waals surface area contributed by atoms with E-state index >= 15 is 0 Å². The van der Waals surface area contributed by atoms with Crippen molar-refractivity contribution in [1.29, 1.82) is 0 Å². The predicted octanol–water partition coefficient (Wildman–Crippen LogP) is 3.93. The van der Waals surface area contributed by atoms with Crippen LogP contribution in [0.3, 0.4) is 0 Å². The number of nitrogens with one attached hydrogen (secondary N) is 1. The molecule has 0 amide bonds. The number of hydrogen-bond donors (Lipinski definition) is 2. The molecule has 0 heterocycles. The Bertz CT molecular complexity index is 430. The maximum atomic E-state index is 13.4. The van der Waals surface area contributed by atoms with Gasteiger partial charge >= 0.3 is 0 Å². The zero-order chi connectivity index (χ0) is 13.9. The Morgan fingerprint density at radius 1 is 1.42 bits per heavy atom. The van der Waals surface area contributed by atoms with E-state index in [-0.39, 0.29) is 17.3 Å². The molecule has 1 aromatic rings. The molecule has 19 heavy (non-hydrogen) atoms. The fourth-order valence-corrected chi connectivity index (χ4v) is 3.81. The van der Waals surface area contributed by atoms with Crippen molar-refractivity contribution < 1.29 is 4.39 Å². The van der Waals surface area contributed by atoms with Crippen LogP contribution in [0.4, 0.5) is 4.39 Å². The minimum absolute atomic E-state index is 0.189. The van der Waals surface area contributed by atoms with E-state index in [4.69, 9.17) is 5.84 Å². The second kappa shape index (κ2) is 6.33. The van der Waals surface area contributed by atoms with Gasteiger partial charge < -0.3 is 0 Å². The zero-order valence-corrected chi connectivity index (χ0v) is 13.0. The quantitative estimate of drug-likeness (QED) is 0.634. The van der Waals surface area contributed by atoms with Crippen molar-refractivity contribution in [3.8, 4) is 0 Å². The van der Waals surface area contributed by atoms with Gasteiger partial charge in [-0.1, -0.05) is 35.7 Å². The van der Waals surface area contributed by atoms with E-state index in [1.54, 1.807) is 12.1 Å². The molecular formula is C15H22BrFN2. The number of hydrogen-bond acceptors (Lipinski definition) is 2. The molecule has 106 valence electrons. The molecule has 1 atom stereocenters. The van der Waals surface area contributed by atoms with Gasteiger partial charge in [-0.2, -0.15) is 0 Å². The predicted molar refractivity (Wildman–Crippen MR) is 80.1 cm³/mol. The van der Waals surface area contributed by atoms with Crippen molar-refractivity contribution in [2.75, 3.05) is 0 Å². The van der Waals surface area contributed by atoms with E-state index in [9.17, 15) is 4.39 Å². The minimum Gasteiger partial charge on any atom is -0.271 e. The molecule has 1 aliphatic rings. The molecule has 1 saturated carbocycles. The molecule has 1 aliphatic carbocycles. The molecule has 2 rings (SSSR count). The molecular weight excluding hydrogens is 307 g/mol. The first-order chi connectivity index (χ1) is 9.11. The molecule has 0 spiro atoms. The maximum absolute atomic E-state index is 13.4. The van der Waals surface area contributed by atoms with Crippen molar-refractivity contribution in [3.63, 3.8) is 0 Å². The van der Waals surface area contributed by atoms with Crippen molar-refractivity contribution in [2.45, 2.75) is 51.5 Å². The second-order valence-electron chi connectivity index (χ2n) is 5.58. The average Bonchev–Trinajstić information content (AvgIpc) is 2.89. The van der Waals surface area contributed by atoms with Gasteiger partial charge in [0.05, 0.1) is 0 Å². The lowest BCUT2D eigenvalue weighted by atomic mass is 9.74. The fraction of sp³-hybridized carbons (Fsp3) is 0.600. The maximum Gasteiger partial charge on any atom is 0.123 e. The molecule has 0 aromatic heterocycles. The summed E-state index contributed by atoms with van der Waals surface area (Å²) in [5, 5.41) is 0. The van der Waals surface area contributed by atoms with E-state index in [1.165, 1.54) is 31.7 Å². The molecule has 0 bridgehead atoms. The molecule has 0 aliphatic heterocycles. The standard InChI is InChI=1S/C15H22BrFN2/c1-2-15(7-3-4-8-15)14(19-18)10-11-9-12(17)5-6-13(11)16/h5-6,9,14,19H,2-4,7-8,10,18H2,1H3. The lowest BCUT2D eigenvalue weighted by molar-refractivity contribution is 0.185. The number of halogens is 2. The van der Waals surface area contributed by atoms with E-state index in [0.29, 0.717) is 0 Å². The molecule has 1 aromatic carbocycles. The normalized spacial score (nSPS) is 19.6. The first-order valence-corrected chi connectivity index (χ1v) is 7.80. The van der Waals surface area contributed by atoms with Gasteiger partial charge in [-0.15, -0.1) is 0 Å². The molecule has 4 heteroatoms. The largest absolute Gasteiger partial charge is 0.271 e. The molecule has 2 nitrogen and oxygen atoms in total. The molecule has 3 N–H and O–H groups in total. The molecule has 1 fully saturated rings. The summed E-state index contributed by atoms with van der Waals surface area (Å²) in [7, 11) is 0. The summed E-state index contributed by atoms with van der Waals surface area (Å²) in [5.41, 5.74) is 4.24. The summed E-state index contributed by atoms with van der Waals surface area (Å²) in [6.07, 6.45) is 6.86. The zero-order valence-electron chi connectivity index (χ0n) is 11.4. The van der Waals surface area contributed by atoms with Crippen molar-refractivity contribution in [2.24, 2.45) is 11.3 Å². The Hall–Kier alpha value is -0.450. The molecule has 0 radical (unpaired) electrons. The van der Waals surface area contributed by atoms with Gasteiger partial charge in [-0.05, 0) is 54.9 Å². The summed E-state index contributed by atoms with van der Waals surface area (Å²) < 4.78 is 14.3. The third kappa shape index (κ3) is 3.18. The highest BCUT2D eigenvalue weighted by Gasteiger charge is 2.39. The molecule has 0 saturated heterocycles. The first-order valence-electron chi connectivity index (χ1n) is 7.01. The van der Waals surface area contributed by atoms with Crippen LogP contribution in [-0.2, 0) is 6.42 Å². The van der Waals surface area contributed by atoms with Gasteiger partial charge in [0, 0.05) is 10.5 Å². The van der Waals surface area contributed by atoms with Crippen LogP contribution >= 0.6 is 15.9 Å². The van der Waals surface area contributed by atoms with E-state index in [1.807, 2.05) is 0 Å². The van der Waals surface area contributed by atoms with Gasteiger partial charge in [0.15, 0.2) is 0 Å². The summed E-state index contributed by atoms with van der Waals surface area (Å²) in [4.78, 5) is 0. The first kappa shape index (κ1) is 14.9. The van der Waals surface area contributed by atoms with Crippen LogP contribution in [-0.4, -0.2) is 6.04 Å². The van der Waals surface area contributed by atoms with Gasteiger partial charge in [-0.25, -0.2) is 4.39 Å². The van der Waals surface area contributed by atoms with Crippen LogP contribution in [0.15, 0.2) is 22.7 Å². The smallest absolute Gasteiger partial charge is 0.123 e. The molecule has 1 unspecified atom stereocenters. The van der Waals surface area contributed by atoms with Gasteiger partial charge in [-0.3, -0.25) is 11.3 Å². The minimum atomic E-state index is -0.189. The topological polar surface area (TPSA) is 38.0 Å². The second-order valence-corrected chi connectivity index (χ2v) is 6.44. The third-order valence-electron chi connectivity index (χ3n) is 4.68. The Morgan fingerprint density at radius 3 is 2.68 bits per heavy atom. The van der Waals surface area contributed by atoms with Crippen LogP contribution in [0.1, 0.15) is 44.6 Å². The van der Waals surface area contributed by atoms with Crippen molar-refractivity contribution >= 4 is 15.9 Å². The Labute approximate surface area is 123 Å². The van der Waals surface area contributed by atoms with Crippen LogP contribution in [0.2, 0.25) is 0 Å². The SMILES string of the molecule is CCC1(C(Cc2cc(F)ccc2Br)NN)CCCC1. The lowest BCUT2D eigenvalue weighted by Gasteiger charge is -2.37. The van der Waals surface area contributed by atoms with Crippen molar-refractivity contribution in [3.05, 3.63) is 34.1 Å². The van der Waals surface area contributed by atoms with Gasteiger partial charge in [0.25, 0.3) is 0 Å². The summed E-state index contributed by atoms with van der Waals surface area (Å²) in [6.45, 7) is 2.23. The highest BCUT2D eigenvalue weighted by molar-refractivity contribution is 9.10. The summed E-state index contributed by atoms with van der Waals surface area (Å²) in [6, 6.07) is 5.06.